The maximum absolute atomic E-state index is 11.0. The van der Waals surface area contributed by atoms with Crippen LogP contribution in [0.3, 0.4) is 0 Å². The number of hydroxylamine groups is 1. The number of hydrogen-bond donors (Lipinski definition) is 1. The van der Waals surface area contributed by atoms with E-state index in [1.54, 1.807) is 12.2 Å². The third kappa shape index (κ3) is 3.37. The first-order valence-corrected chi connectivity index (χ1v) is 10.1. The molecule has 0 bridgehead atoms. The molecule has 0 saturated carbocycles. The van der Waals surface area contributed by atoms with Gasteiger partial charge < -0.3 is 10.4 Å². The number of aliphatic imine (C=N–C) groups is 1. The number of anilines is 1. The first-order chi connectivity index (χ1) is 14.9. The molecule has 5 rings (SSSR count). The molecule has 7 nitrogen and oxygen atoms in total. The van der Waals surface area contributed by atoms with Crippen LogP contribution in [0, 0.1) is 10.4 Å². The number of rotatable bonds is 1. The summed E-state index contributed by atoms with van der Waals surface area (Å²) < 4.78 is 0. The van der Waals surface area contributed by atoms with Gasteiger partial charge >= 0.3 is 0 Å². The fraction of sp³-hybridized carbons (Fsp3) is 0.130. The lowest BCUT2D eigenvalue weighted by molar-refractivity contribution is -0.377. The van der Waals surface area contributed by atoms with Crippen LogP contribution >= 0.6 is 11.6 Å². The molecule has 3 aliphatic rings. The molecule has 2 heterocycles. The van der Waals surface area contributed by atoms with E-state index in [-0.39, 0.29) is 5.71 Å². The van der Waals surface area contributed by atoms with Crippen molar-refractivity contribution in [2.75, 3.05) is 4.90 Å². The van der Waals surface area contributed by atoms with Crippen molar-refractivity contribution in [1.82, 2.24) is 5.48 Å². The normalized spacial score (nSPS) is 21.9. The summed E-state index contributed by atoms with van der Waals surface area (Å²) in [6.07, 6.45) is 6.87. The van der Waals surface area contributed by atoms with Crippen LogP contribution in [0.4, 0.5) is 11.4 Å². The molecule has 0 aromatic heterocycles. The third-order valence-electron chi connectivity index (χ3n) is 5.45. The van der Waals surface area contributed by atoms with E-state index < -0.39 is 10.6 Å². The summed E-state index contributed by atoms with van der Waals surface area (Å²) in [7, 11) is 0. The Labute approximate surface area is 184 Å². The zero-order valence-electron chi connectivity index (χ0n) is 16.6. The van der Waals surface area contributed by atoms with Gasteiger partial charge in [0.2, 0.25) is 5.71 Å². The predicted molar refractivity (Wildman–Crippen MR) is 121 cm³/mol. The summed E-state index contributed by atoms with van der Waals surface area (Å²) in [4.78, 5) is 12.7. The van der Waals surface area contributed by atoms with Crippen molar-refractivity contribution in [2.24, 2.45) is 4.99 Å². The molecule has 31 heavy (non-hydrogen) atoms. The molecule has 0 spiro atoms. The van der Waals surface area contributed by atoms with Gasteiger partial charge in [-0.25, -0.2) is 10.3 Å². The minimum atomic E-state index is -0.773. The second-order valence-corrected chi connectivity index (χ2v) is 8.04. The lowest BCUT2D eigenvalue weighted by atomic mass is 9.99. The van der Waals surface area contributed by atoms with Gasteiger partial charge in [0.1, 0.15) is 5.82 Å². The average Bonchev–Trinajstić information content (AvgIpc) is 3.04. The fourth-order valence-corrected chi connectivity index (χ4v) is 4.14. The molecule has 2 aromatic rings. The first kappa shape index (κ1) is 19.4. The molecule has 0 unspecified atom stereocenters. The van der Waals surface area contributed by atoms with Crippen molar-refractivity contribution < 1.29 is 9.74 Å². The Morgan fingerprint density at radius 1 is 1.10 bits per heavy atom. The van der Waals surface area contributed by atoms with Crippen molar-refractivity contribution in [3.05, 3.63) is 105 Å². The third-order valence-corrected chi connectivity index (χ3v) is 5.69. The number of nitrogens with one attached hydrogen (secondary N) is 1. The lowest BCUT2D eigenvalue weighted by Gasteiger charge is -2.33. The van der Waals surface area contributed by atoms with E-state index >= 15 is 0 Å². The lowest BCUT2D eigenvalue weighted by Crippen LogP contribution is -2.43. The van der Waals surface area contributed by atoms with Gasteiger partial charge in [-0.15, -0.1) is 0 Å². The van der Waals surface area contributed by atoms with Crippen molar-refractivity contribution in [3.63, 3.8) is 0 Å². The summed E-state index contributed by atoms with van der Waals surface area (Å²) in [5, 5.41) is 22.7. The number of halogens is 1. The fourth-order valence-electron chi connectivity index (χ4n) is 3.97. The van der Waals surface area contributed by atoms with Crippen molar-refractivity contribution in [2.45, 2.75) is 19.1 Å². The van der Waals surface area contributed by atoms with Gasteiger partial charge in [0.05, 0.1) is 17.1 Å². The van der Waals surface area contributed by atoms with Crippen LogP contribution < -0.4 is 10.4 Å². The highest BCUT2D eigenvalue weighted by molar-refractivity contribution is 6.31. The SMILES string of the molecule is C[C@@]12CC(c3ccccc3)=Nc3cc(Cl)ccc3N1C(=C1C=CC(=[N+]([O-])[O-])C=C1)NO2. The van der Waals surface area contributed by atoms with Gasteiger partial charge in [0.25, 0.3) is 0 Å². The van der Waals surface area contributed by atoms with E-state index in [0.29, 0.717) is 17.3 Å². The van der Waals surface area contributed by atoms with Gasteiger partial charge in [-0.1, -0.05) is 41.9 Å². The van der Waals surface area contributed by atoms with Gasteiger partial charge in [-0.2, -0.15) is 4.90 Å². The van der Waals surface area contributed by atoms with Gasteiger partial charge in [-0.3, -0.25) is 9.89 Å². The van der Waals surface area contributed by atoms with Crippen molar-refractivity contribution in [3.8, 4) is 0 Å². The molecule has 156 valence electrons. The number of allylic oxidation sites excluding steroid dienone is 5. The second kappa shape index (κ2) is 7.30. The zero-order chi connectivity index (χ0) is 21.6. The van der Waals surface area contributed by atoms with Gasteiger partial charge in [0.15, 0.2) is 5.72 Å². The largest absolute Gasteiger partial charge is 0.612 e. The Hall–Kier alpha value is -3.55. The molecule has 1 saturated heterocycles. The summed E-state index contributed by atoms with van der Waals surface area (Å²) in [6, 6.07) is 15.5. The van der Waals surface area contributed by atoms with E-state index in [2.05, 4.69) is 5.48 Å². The Bertz CT molecular complexity index is 1190. The maximum Gasteiger partial charge on any atom is 0.222 e. The number of benzene rings is 2. The first-order valence-electron chi connectivity index (χ1n) is 9.73. The van der Waals surface area contributed by atoms with Gasteiger partial charge in [-0.05, 0) is 42.8 Å². The van der Waals surface area contributed by atoms with Crippen LogP contribution in [-0.2, 0) is 4.84 Å². The Morgan fingerprint density at radius 3 is 2.55 bits per heavy atom. The Morgan fingerprint density at radius 2 is 1.84 bits per heavy atom. The smallest absolute Gasteiger partial charge is 0.222 e. The van der Waals surface area contributed by atoms with E-state index in [9.17, 15) is 10.4 Å². The molecule has 1 N–H and O–H groups in total. The molecule has 2 aromatic carbocycles. The van der Waals surface area contributed by atoms with Crippen LogP contribution in [0.2, 0.25) is 5.02 Å². The monoisotopic (exact) mass is 433 g/mol. The highest BCUT2D eigenvalue weighted by Crippen LogP contribution is 2.45. The maximum atomic E-state index is 11.0. The molecule has 0 radical (unpaired) electrons. The van der Waals surface area contributed by atoms with E-state index in [1.807, 2.05) is 60.4 Å². The van der Waals surface area contributed by atoms with E-state index in [4.69, 9.17) is 21.4 Å². The molecule has 1 fully saturated rings. The highest BCUT2D eigenvalue weighted by atomic mass is 35.5. The van der Waals surface area contributed by atoms with Crippen LogP contribution in [0.15, 0.2) is 89.2 Å². The van der Waals surface area contributed by atoms with Crippen LogP contribution in [0.5, 0.6) is 0 Å². The zero-order valence-corrected chi connectivity index (χ0v) is 17.3. The van der Waals surface area contributed by atoms with Crippen LogP contribution in [-0.4, -0.2) is 22.1 Å². The topological polar surface area (TPSA) is 86.0 Å². The molecular formula is C23H18ClN4O3-. The predicted octanol–water partition coefficient (Wildman–Crippen LogP) is 4.71. The van der Waals surface area contributed by atoms with Crippen LogP contribution in [0.25, 0.3) is 0 Å². The Kier molecular flexibility index (Phi) is 4.57. The van der Waals surface area contributed by atoms with E-state index in [0.717, 1.165) is 28.2 Å². The minimum absolute atomic E-state index is 0.0313. The highest BCUT2D eigenvalue weighted by Gasteiger charge is 2.46. The second-order valence-electron chi connectivity index (χ2n) is 7.60. The number of fused-ring (bicyclic) bond motifs is 3. The van der Waals surface area contributed by atoms with Crippen molar-refractivity contribution in [1.29, 1.82) is 0 Å². The summed E-state index contributed by atoms with van der Waals surface area (Å²) in [5.74, 6) is 0.686. The summed E-state index contributed by atoms with van der Waals surface area (Å²) >= 11 is 6.30. The number of hydrogen-bond acceptors (Lipinski definition) is 6. The van der Waals surface area contributed by atoms with Crippen molar-refractivity contribution >= 4 is 34.4 Å². The van der Waals surface area contributed by atoms with E-state index in [1.165, 1.54) is 12.2 Å². The van der Waals surface area contributed by atoms with Crippen LogP contribution in [0.1, 0.15) is 18.9 Å². The Balaban J connectivity index is 1.66. The standard InChI is InChI=1S/C23H18ClN4O3/c1-23-14-20(15-5-3-2-4-6-15)25-19-13-17(24)9-12-21(19)27(23)22(26-31-23)16-7-10-18(11-8-16)28(29)30/h2-13,26H,14H2,1H3/q-1/t23-/m1/s1. The average molecular weight is 434 g/mol. The molecule has 2 aliphatic heterocycles. The molecule has 0 amide bonds. The number of nitrogens with zero attached hydrogens (tertiary/aromatic N) is 3. The molecule has 8 heteroatoms. The minimum Gasteiger partial charge on any atom is -0.612 e. The molecule has 1 atom stereocenters. The van der Waals surface area contributed by atoms with Gasteiger partial charge in [0, 0.05) is 29.2 Å². The molecule has 1 aliphatic carbocycles. The molecular weight excluding hydrogens is 416 g/mol. The quantitative estimate of drug-likeness (QED) is 0.520. The summed E-state index contributed by atoms with van der Waals surface area (Å²) in [6.45, 7) is 1.99. The summed E-state index contributed by atoms with van der Waals surface area (Å²) in [5.41, 5.74) is 6.50.